The monoisotopic (exact) mass is 472 g/mol. The molecule has 0 atom stereocenters. The fourth-order valence-electron chi connectivity index (χ4n) is 4.89. The number of para-hydroxylation sites is 1. The van der Waals surface area contributed by atoms with Crippen LogP contribution < -0.4 is 5.62 Å². The maximum atomic E-state index is 12.5. The van der Waals surface area contributed by atoms with E-state index in [-0.39, 0.29) is 11.7 Å². The van der Waals surface area contributed by atoms with E-state index in [1.165, 1.54) is 0 Å². The van der Waals surface area contributed by atoms with Crippen LogP contribution in [0.5, 0.6) is 0 Å². The molecule has 1 aliphatic heterocycles. The molecule has 0 aliphatic carbocycles. The summed E-state index contributed by atoms with van der Waals surface area (Å²) in [5.74, 6) is 0.526. The lowest BCUT2D eigenvalue weighted by atomic mass is 9.93. The van der Waals surface area contributed by atoms with Gasteiger partial charge in [0.1, 0.15) is 5.60 Å². The smallest absolute Gasteiger partial charge is 0.419 e. The van der Waals surface area contributed by atoms with Gasteiger partial charge >= 0.3 is 6.09 Å². The summed E-state index contributed by atoms with van der Waals surface area (Å²) in [7, 11) is 0. The molecule has 3 aromatic heterocycles. The van der Waals surface area contributed by atoms with Crippen LogP contribution in [0, 0.1) is 12.3 Å². The molecule has 6 rings (SSSR count). The number of halogens is 1. The summed E-state index contributed by atoms with van der Waals surface area (Å²) >= 11 is 5.95. The number of ether oxygens (including phenoxy) is 1. The number of fused-ring (bicyclic) bond motifs is 1. The largest absolute Gasteiger partial charge is 0.438 e. The van der Waals surface area contributed by atoms with Crippen LogP contribution in [-0.2, 0) is 16.9 Å². The summed E-state index contributed by atoms with van der Waals surface area (Å²) in [5.41, 5.74) is 5.19. The van der Waals surface area contributed by atoms with Crippen molar-refractivity contribution in [3.05, 3.63) is 82.2 Å². The first-order chi connectivity index (χ1) is 16.3. The van der Waals surface area contributed by atoms with Gasteiger partial charge in [-0.15, -0.1) is 10.2 Å². The third-order valence-electron chi connectivity index (χ3n) is 6.50. The Kier molecular flexibility index (Phi) is 4.28. The molecule has 9 heteroatoms. The summed E-state index contributed by atoms with van der Waals surface area (Å²) in [6.45, 7) is 6.26. The maximum Gasteiger partial charge on any atom is 0.419 e. The Labute approximate surface area is 199 Å². The van der Waals surface area contributed by atoms with Gasteiger partial charge in [0.05, 0.1) is 23.1 Å². The van der Waals surface area contributed by atoms with E-state index in [0.717, 1.165) is 38.6 Å². The molecule has 1 N–H and O–H groups in total. The number of aryl methyl sites for hydroxylation is 1. The molecule has 0 saturated carbocycles. The molecule has 0 fully saturated rings. The summed E-state index contributed by atoms with van der Waals surface area (Å²) in [6.07, 6.45) is 1.37. The molecule has 8 nitrogen and oxygen atoms in total. The van der Waals surface area contributed by atoms with E-state index >= 15 is 0 Å². The Morgan fingerprint density at radius 1 is 1.06 bits per heavy atom. The second kappa shape index (κ2) is 7.04. The fourth-order valence-corrected chi connectivity index (χ4v) is 4.99. The zero-order valence-electron chi connectivity index (χ0n) is 18.8. The van der Waals surface area contributed by atoms with Gasteiger partial charge in [0.15, 0.2) is 11.0 Å². The van der Waals surface area contributed by atoms with Crippen LogP contribution in [0.25, 0.3) is 27.8 Å². The number of hydrogen-bond acceptors (Lipinski definition) is 5. The minimum Gasteiger partial charge on any atom is -0.438 e. The molecule has 0 saturated heterocycles. The molecule has 1 aliphatic rings. The van der Waals surface area contributed by atoms with Crippen LogP contribution in [0.3, 0.4) is 0 Å². The minimum atomic E-state index is -0.712. The number of carbonyl (C=O) groups excluding carboxylic acids is 1. The van der Waals surface area contributed by atoms with Crippen LogP contribution in [0.4, 0.5) is 4.79 Å². The number of nitrogens with zero attached hydrogens (tertiary/aromatic N) is 5. The summed E-state index contributed by atoms with van der Waals surface area (Å²) < 4.78 is 10.9. The van der Waals surface area contributed by atoms with Gasteiger partial charge < -0.3 is 9.30 Å². The van der Waals surface area contributed by atoms with Crippen molar-refractivity contribution in [3.8, 4) is 5.82 Å². The molecule has 0 radical (unpaired) electrons. The molecule has 0 unspecified atom stereocenters. The molecule has 4 heterocycles. The first-order valence-electron chi connectivity index (χ1n) is 10.9. The maximum absolute atomic E-state index is 12.5. The topological polar surface area (TPSA) is 90.7 Å². The summed E-state index contributed by atoms with van der Waals surface area (Å²) in [6, 6.07) is 15.4. The van der Waals surface area contributed by atoms with E-state index < -0.39 is 5.60 Å². The van der Waals surface area contributed by atoms with Crippen molar-refractivity contribution in [2.45, 2.75) is 32.9 Å². The predicted octanol–water partition coefficient (Wildman–Crippen LogP) is 4.90. The lowest BCUT2D eigenvalue weighted by molar-refractivity contribution is 0.0331. The zero-order valence-corrected chi connectivity index (χ0v) is 19.6. The number of cyclic esters (lactones) is 1. The first-order valence-corrected chi connectivity index (χ1v) is 11.3. The highest BCUT2D eigenvalue weighted by atomic mass is 35.5. The van der Waals surface area contributed by atoms with Crippen molar-refractivity contribution in [1.82, 2.24) is 23.9 Å². The number of carbonyl (C=O) groups is 1. The first kappa shape index (κ1) is 20.7. The van der Waals surface area contributed by atoms with Crippen LogP contribution in [0.1, 0.15) is 30.5 Å². The zero-order chi connectivity index (χ0) is 23.8. The second-order valence-corrected chi connectivity index (χ2v) is 9.39. The van der Waals surface area contributed by atoms with Crippen molar-refractivity contribution in [2.24, 2.45) is 0 Å². The van der Waals surface area contributed by atoms with Gasteiger partial charge in [-0.3, -0.25) is 14.5 Å². The predicted molar refractivity (Wildman–Crippen MR) is 128 cm³/mol. The van der Waals surface area contributed by atoms with Crippen LogP contribution in [-0.4, -0.2) is 30.0 Å². The quantitative estimate of drug-likeness (QED) is 0.404. The molecule has 170 valence electrons. The molecular weight excluding hydrogens is 452 g/mol. The Morgan fingerprint density at radius 3 is 2.65 bits per heavy atom. The Balaban J connectivity index is 1.58. The number of nitrogens with one attached hydrogen (secondary N) is 1. The molecule has 0 bridgehead atoms. The number of hydrogen-bond donors (Lipinski definition) is 1. The highest BCUT2D eigenvalue weighted by Gasteiger charge is 2.35. The van der Waals surface area contributed by atoms with Crippen molar-refractivity contribution < 1.29 is 9.53 Å². The van der Waals surface area contributed by atoms with E-state index in [0.29, 0.717) is 17.5 Å². The Morgan fingerprint density at radius 2 is 1.88 bits per heavy atom. The van der Waals surface area contributed by atoms with Crippen LogP contribution in [0.15, 0.2) is 54.7 Å². The average molecular weight is 473 g/mol. The number of imidazole rings is 1. The van der Waals surface area contributed by atoms with Gasteiger partial charge in [0.25, 0.3) is 0 Å². The summed E-state index contributed by atoms with van der Waals surface area (Å²) in [5, 5.41) is 18.5. The standard InChI is InChI=1S/C25H21ClN6O2/c1-14-5-4-6-18-21(14)32(20-10-9-19(26)28-29-20)23(27)31(18)13-15-7-8-17-22-16(15)11-12-30(22)24(33)34-25(17,2)3/h4-12,27H,13H2,1-3H3. The van der Waals surface area contributed by atoms with Crippen molar-refractivity contribution in [2.75, 3.05) is 0 Å². The van der Waals surface area contributed by atoms with Crippen LogP contribution in [0.2, 0.25) is 5.15 Å². The summed E-state index contributed by atoms with van der Waals surface area (Å²) in [4.78, 5) is 12.5. The SMILES string of the molecule is Cc1cccc2c1n(-c1ccc(Cl)nn1)c(=N)n2Cc1ccc2c3c1ccn3C(=O)OC2(C)C. The van der Waals surface area contributed by atoms with Gasteiger partial charge in [-0.1, -0.05) is 35.9 Å². The average Bonchev–Trinajstić information content (AvgIpc) is 3.35. The number of aromatic nitrogens is 5. The second-order valence-electron chi connectivity index (χ2n) is 9.00. The fraction of sp³-hybridized carbons (Fsp3) is 0.200. The van der Waals surface area contributed by atoms with Crippen LogP contribution >= 0.6 is 11.6 Å². The van der Waals surface area contributed by atoms with E-state index in [4.69, 9.17) is 21.7 Å². The van der Waals surface area contributed by atoms with E-state index in [2.05, 4.69) is 16.3 Å². The third kappa shape index (κ3) is 2.85. The molecule has 34 heavy (non-hydrogen) atoms. The normalized spacial score (nSPS) is 14.6. The molecule has 0 spiro atoms. The van der Waals surface area contributed by atoms with E-state index in [1.54, 1.807) is 27.5 Å². The third-order valence-corrected chi connectivity index (χ3v) is 6.70. The highest BCUT2D eigenvalue weighted by Crippen LogP contribution is 2.38. The molecule has 2 aromatic carbocycles. The lowest BCUT2D eigenvalue weighted by Gasteiger charge is -2.31. The number of benzene rings is 2. The highest BCUT2D eigenvalue weighted by molar-refractivity contribution is 6.29. The van der Waals surface area contributed by atoms with Gasteiger partial charge in [-0.05, 0) is 56.2 Å². The minimum absolute atomic E-state index is 0.268. The Bertz CT molecular complexity index is 1690. The van der Waals surface area contributed by atoms with Gasteiger partial charge in [-0.25, -0.2) is 4.79 Å². The van der Waals surface area contributed by atoms with Gasteiger partial charge in [0.2, 0.25) is 5.62 Å². The van der Waals surface area contributed by atoms with Crippen molar-refractivity contribution in [3.63, 3.8) is 0 Å². The molecule has 5 aromatic rings. The lowest BCUT2D eigenvalue weighted by Crippen LogP contribution is -2.33. The molecule has 0 amide bonds. The van der Waals surface area contributed by atoms with Gasteiger partial charge in [-0.2, -0.15) is 0 Å². The number of rotatable bonds is 3. The van der Waals surface area contributed by atoms with Crippen molar-refractivity contribution >= 4 is 39.6 Å². The van der Waals surface area contributed by atoms with E-state index in [9.17, 15) is 4.79 Å². The van der Waals surface area contributed by atoms with Crippen molar-refractivity contribution in [1.29, 1.82) is 5.41 Å². The van der Waals surface area contributed by atoms with E-state index in [1.807, 2.05) is 55.7 Å². The van der Waals surface area contributed by atoms with Gasteiger partial charge in [0, 0.05) is 17.1 Å². The molecular formula is C25H21ClN6O2. The Hall–Kier alpha value is -3.91.